The molecule has 0 saturated carbocycles. The number of carboxylic acid groups (broad SMARTS) is 1. The van der Waals surface area contributed by atoms with Gasteiger partial charge in [-0.3, -0.25) is 18.9 Å². The number of aromatic nitrogens is 8. The standard InChI is InChI=1S/C8H14N4O.C7H12N4O2.C6H12O.C5H13BO.C5H9N3.C5H13O2P.C5H12O2S.CH4/c1-6(13)5-12-7(8(2,3)4)9-10-11-12;1-7(2,3)6-8-10-11(9-6)4-5(12)13;1-5(7)6(2,3)4;1-5(2,3)6(4)7;1-4(2)5-6-3-7-8-5;2*1-5(2,3)8(4,6)7;/h5H2,1-4H3;4H2,1-3H3,(H,12,13);1-4H3;7H,1-4H3;4H,3H2,1-2H3;1-4H3,(H,6,7);1-4H3;1H4. The number of ketones is 2. The summed E-state index contributed by atoms with van der Waals surface area (Å²) in [6.07, 6.45) is 1.24. The highest BCUT2D eigenvalue weighted by Crippen LogP contribution is 2.49. The van der Waals surface area contributed by atoms with Gasteiger partial charge in [0.25, 0.3) is 6.92 Å². The number of hydrogen-bond donors (Lipinski definition) is 3. The quantitative estimate of drug-likeness (QED) is 0.188. The molecule has 2 aromatic rings. The van der Waals surface area contributed by atoms with E-state index < -0.39 is 33.1 Å². The highest BCUT2D eigenvalue weighted by Gasteiger charge is 2.28. The molecule has 3 heterocycles. The molecule has 1 aliphatic heterocycles. The predicted molar refractivity (Wildman–Crippen MR) is 264 cm³/mol. The van der Waals surface area contributed by atoms with Gasteiger partial charge in [0, 0.05) is 40.2 Å². The van der Waals surface area contributed by atoms with Gasteiger partial charge in [-0.15, -0.1) is 20.4 Å². The molecule has 0 aliphatic carbocycles. The summed E-state index contributed by atoms with van der Waals surface area (Å²) in [4.78, 5) is 45.6. The van der Waals surface area contributed by atoms with Crippen molar-refractivity contribution in [3.63, 3.8) is 0 Å². The number of aliphatic carboxylic acids is 1. The van der Waals surface area contributed by atoms with E-state index in [-0.39, 0.29) is 60.6 Å². The molecule has 1 atom stereocenters. The molecule has 0 amide bonds. The highest BCUT2D eigenvalue weighted by atomic mass is 32.2. The number of carbonyl (C=O) groups excluding carboxylic acids is 2. The molecule has 0 aromatic carbocycles. The third-order valence-electron chi connectivity index (χ3n) is 8.63. The van der Waals surface area contributed by atoms with Crippen molar-refractivity contribution >= 4 is 47.5 Å². The number of tetrazole rings is 2. The van der Waals surface area contributed by atoms with Gasteiger partial charge in [-0.1, -0.05) is 132 Å². The number of amidine groups is 1. The van der Waals surface area contributed by atoms with Crippen LogP contribution in [0.5, 0.6) is 0 Å². The number of azo groups is 1. The second kappa shape index (κ2) is 28.5. The van der Waals surface area contributed by atoms with Gasteiger partial charge < -0.3 is 15.0 Å². The van der Waals surface area contributed by atoms with E-state index in [9.17, 15) is 27.4 Å². The summed E-state index contributed by atoms with van der Waals surface area (Å²) in [5, 5.41) is 47.0. The number of Topliss-reactive ketones (excluding diaryl/α,β-unsaturated/α-hetero) is 2. The van der Waals surface area contributed by atoms with Crippen LogP contribution in [0, 0.1) is 11.3 Å². The second-order valence-corrected chi connectivity index (χ2v) is 27.6. The van der Waals surface area contributed by atoms with Gasteiger partial charge in [0.05, 0.1) is 4.75 Å². The first-order valence-corrected chi connectivity index (χ1v) is 24.9. The molecule has 1 unspecified atom stereocenters. The van der Waals surface area contributed by atoms with E-state index in [0.29, 0.717) is 18.4 Å². The lowest BCUT2D eigenvalue weighted by Crippen LogP contribution is -2.26. The van der Waals surface area contributed by atoms with Gasteiger partial charge in [-0.2, -0.15) is 9.91 Å². The first-order valence-electron chi connectivity index (χ1n) is 20.9. The van der Waals surface area contributed by atoms with Crippen LogP contribution in [0.1, 0.15) is 171 Å². The van der Waals surface area contributed by atoms with Crippen LogP contribution >= 0.6 is 7.37 Å². The third kappa shape index (κ3) is 35.3. The highest BCUT2D eigenvalue weighted by molar-refractivity contribution is 7.92. The minimum atomic E-state index is -2.85. The summed E-state index contributed by atoms with van der Waals surface area (Å²) in [6.45, 7) is 44.7. The lowest BCUT2D eigenvalue weighted by atomic mass is 9.50. The molecule has 23 heteroatoms. The van der Waals surface area contributed by atoms with Crippen molar-refractivity contribution < 1.29 is 42.4 Å². The van der Waals surface area contributed by atoms with E-state index in [2.05, 4.69) is 60.0 Å². The Balaban J connectivity index is -0.000000219. The zero-order valence-electron chi connectivity index (χ0n) is 43.8. The molecule has 0 bridgehead atoms. The van der Waals surface area contributed by atoms with Crippen molar-refractivity contribution in [3.05, 3.63) is 11.6 Å². The minimum absolute atomic E-state index is 0. The number of carboxylic acids is 1. The molecule has 20 nitrogen and oxygen atoms in total. The maximum absolute atomic E-state index is 10.9. The Morgan fingerprint density at radius 1 is 0.815 bits per heavy atom. The fourth-order valence-corrected chi connectivity index (χ4v) is 2.33. The lowest BCUT2D eigenvalue weighted by molar-refractivity contribution is -0.138. The van der Waals surface area contributed by atoms with Crippen molar-refractivity contribution in [1.29, 1.82) is 0 Å². The number of hydrogen-bond acceptors (Lipinski definition) is 16. The van der Waals surface area contributed by atoms with Crippen molar-refractivity contribution in [1.82, 2.24) is 40.4 Å². The fraction of sp³-hybridized carbons (Fsp3) is 0.857. The Labute approximate surface area is 392 Å². The van der Waals surface area contributed by atoms with Crippen LogP contribution in [0.25, 0.3) is 0 Å². The van der Waals surface area contributed by atoms with E-state index in [4.69, 9.17) is 15.0 Å². The Morgan fingerprint density at radius 2 is 1.22 bits per heavy atom. The minimum Gasteiger partial charge on any atom is -0.480 e. The molecule has 0 fully saturated rings. The Morgan fingerprint density at radius 3 is 1.42 bits per heavy atom. The number of rotatable bonds is 5. The SMILES string of the molecule is C.CB(O)C(C)(C)C.CC(=O)C(C)(C)C.CC(=O)Cn1nnnc1C(C)(C)C.CC(C)(C)P(C)(=O)O.CC(C)(C)S(C)(=O)=O.CC(C)(C)c1nnn(CC(=O)O)n1.CC(C)C1=NCN=N1. The van der Waals surface area contributed by atoms with Gasteiger partial charge in [0.15, 0.2) is 40.5 Å². The summed E-state index contributed by atoms with van der Waals surface area (Å²) < 4.78 is 33.1. The lowest BCUT2D eigenvalue weighted by Gasteiger charge is -2.21. The van der Waals surface area contributed by atoms with Crippen molar-refractivity contribution in [2.45, 2.75) is 206 Å². The molecule has 3 rings (SSSR count). The first-order chi connectivity index (χ1) is 28.0. The van der Waals surface area contributed by atoms with Crippen LogP contribution in [0.15, 0.2) is 15.2 Å². The Bertz CT molecular complexity index is 1930. The summed E-state index contributed by atoms with van der Waals surface area (Å²) in [5.41, 5.74) is -0.463. The third-order valence-corrected chi connectivity index (χ3v) is 13.3. The number of aliphatic imine (C=N–C) groups is 1. The monoisotopic (exact) mass is 966 g/mol. The largest absolute Gasteiger partial charge is 0.480 e. The van der Waals surface area contributed by atoms with E-state index in [0.717, 1.165) is 16.5 Å². The molecule has 3 N–H and O–H groups in total. The van der Waals surface area contributed by atoms with E-state index in [1.54, 1.807) is 60.0 Å². The smallest absolute Gasteiger partial charge is 0.327 e. The van der Waals surface area contributed by atoms with Gasteiger partial charge in [-0.25, -0.2) is 18.1 Å². The second-order valence-electron chi connectivity index (χ2n) is 21.7. The van der Waals surface area contributed by atoms with Crippen LogP contribution in [-0.4, -0.2) is 124 Å². The molecule has 380 valence electrons. The van der Waals surface area contributed by atoms with E-state index in [1.165, 1.54) is 19.8 Å². The van der Waals surface area contributed by atoms with Gasteiger partial charge in [-0.05, 0) is 55.6 Å². The van der Waals surface area contributed by atoms with Crippen LogP contribution in [0.4, 0.5) is 0 Å². The van der Waals surface area contributed by atoms with Crippen LogP contribution in [0.2, 0.25) is 12.1 Å². The fourth-order valence-electron chi connectivity index (χ4n) is 2.33. The molecular weight excluding hydrogens is 876 g/mol. The van der Waals surface area contributed by atoms with Crippen molar-refractivity contribution in [2.24, 2.45) is 26.6 Å². The molecule has 0 saturated heterocycles. The zero-order chi connectivity index (χ0) is 52.3. The summed E-state index contributed by atoms with van der Waals surface area (Å²) in [7, 11) is -5.69. The average Bonchev–Trinajstić information content (AvgIpc) is 3.82. The summed E-state index contributed by atoms with van der Waals surface area (Å²) in [5.74, 6) is 1.92. The van der Waals surface area contributed by atoms with Crippen molar-refractivity contribution in [3.8, 4) is 0 Å². The van der Waals surface area contributed by atoms with Gasteiger partial charge in [0.1, 0.15) is 18.2 Å². The van der Waals surface area contributed by atoms with Gasteiger partial charge in [0.2, 0.25) is 7.37 Å². The molecular formula is C42H89BN11O9PS. The molecule has 0 spiro atoms. The van der Waals surface area contributed by atoms with Crippen LogP contribution < -0.4 is 0 Å². The van der Waals surface area contributed by atoms with Gasteiger partial charge >= 0.3 is 5.97 Å². The Kier molecular flexibility index (Phi) is 30.9. The average molecular weight is 966 g/mol. The molecule has 0 radical (unpaired) electrons. The molecule has 65 heavy (non-hydrogen) atoms. The summed E-state index contributed by atoms with van der Waals surface area (Å²) in [6, 6.07) is 0. The number of nitrogens with zero attached hydrogens (tertiary/aromatic N) is 11. The maximum atomic E-state index is 10.9. The number of carbonyl (C=O) groups is 3. The normalized spacial score (nSPS) is 13.5. The Hall–Kier alpha value is -3.62. The van der Waals surface area contributed by atoms with E-state index >= 15 is 0 Å². The topological polar surface area (TPSA) is 287 Å². The first kappa shape index (κ1) is 70.4. The number of sulfone groups is 1. The predicted octanol–water partition coefficient (Wildman–Crippen LogP) is 8.25. The van der Waals surface area contributed by atoms with Crippen LogP contribution in [0.3, 0.4) is 0 Å². The summed E-state index contributed by atoms with van der Waals surface area (Å²) >= 11 is 0. The van der Waals surface area contributed by atoms with Crippen molar-refractivity contribution in [2.75, 3.05) is 19.6 Å². The van der Waals surface area contributed by atoms with Crippen LogP contribution in [-0.2, 0) is 52.7 Å². The maximum Gasteiger partial charge on any atom is 0.327 e. The zero-order valence-corrected chi connectivity index (χ0v) is 45.6. The molecule has 1 aliphatic rings. The van der Waals surface area contributed by atoms with E-state index in [1.807, 2.05) is 83.1 Å². The molecule has 2 aromatic heterocycles.